The highest BCUT2D eigenvalue weighted by molar-refractivity contribution is 5.81. The van der Waals surface area contributed by atoms with Crippen LogP contribution in [0.5, 0.6) is 0 Å². The molecule has 0 aliphatic rings. The molecule has 6 nitrogen and oxygen atoms in total. The number of nitrogens with zero attached hydrogens (tertiary/aromatic N) is 1. The summed E-state index contributed by atoms with van der Waals surface area (Å²) < 4.78 is 9.99. The lowest BCUT2D eigenvalue weighted by molar-refractivity contribution is -0.147. The highest BCUT2D eigenvalue weighted by Gasteiger charge is 2.31. The average Bonchev–Trinajstić information content (AvgIpc) is 2.32. The minimum Gasteiger partial charge on any atom is -0.467 e. The number of carbonyl (C=O) groups is 2. The zero-order valence-corrected chi connectivity index (χ0v) is 13.3. The molecule has 0 rings (SSSR count). The van der Waals surface area contributed by atoms with Crippen molar-refractivity contribution in [3.05, 3.63) is 0 Å². The van der Waals surface area contributed by atoms with Gasteiger partial charge in [-0.3, -0.25) is 4.90 Å². The van der Waals surface area contributed by atoms with Gasteiger partial charge in [0.25, 0.3) is 0 Å². The molecular formula is C14H27NO5. The Morgan fingerprint density at radius 3 is 2.25 bits per heavy atom. The number of esters is 1. The van der Waals surface area contributed by atoms with E-state index in [4.69, 9.17) is 14.6 Å². The minimum absolute atomic E-state index is 0.0468. The molecule has 0 aromatic rings. The first-order chi connectivity index (χ1) is 9.12. The van der Waals surface area contributed by atoms with Gasteiger partial charge in [-0.15, -0.1) is 0 Å². The monoisotopic (exact) mass is 289 g/mol. The van der Waals surface area contributed by atoms with Crippen molar-refractivity contribution in [1.82, 2.24) is 4.90 Å². The lowest BCUT2D eigenvalue weighted by Crippen LogP contribution is -2.46. The summed E-state index contributed by atoms with van der Waals surface area (Å²) in [7, 11) is 2.80. The Labute approximate surface area is 121 Å². The van der Waals surface area contributed by atoms with Crippen LogP contribution >= 0.6 is 0 Å². The SMILES string of the molecule is COC(=O)[C@H](CC(C)CCO)N(C)C(=O)OC(C)(C)C. The molecule has 0 spiro atoms. The summed E-state index contributed by atoms with van der Waals surface area (Å²) in [5, 5.41) is 8.92. The van der Waals surface area contributed by atoms with Crippen molar-refractivity contribution in [3.8, 4) is 0 Å². The van der Waals surface area contributed by atoms with Crippen LogP contribution in [-0.4, -0.2) is 54.5 Å². The summed E-state index contributed by atoms with van der Waals surface area (Å²) in [6.45, 7) is 7.25. The van der Waals surface area contributed by atoms with E-state index < -0.39 is 23.7 Å². The number of ether oxygens (including phenoxy) is 2. The summed E-state index contributed by atoms with van der Waals surface area (Å²) in [4.78, 5) is 25.1. The Bertz CT molecular complexity index is 324. The first kappa shape index (κ1) is 18.7. The van der Waals surface area contributed by atoms with E-state index >= 15 is 0 Å². The fourth-order valence-corrected chi connectivity index (χ4v) is 1.73. The topological polar surface area (TPSA) is 76.1 Å². The van der Waals surface area contributed by atoms with Crippen LogP contribution in [-0.2, 0) is 14.3 Å². The number of carbonyl (C=O) groups excluding carboxylic acids is 2. The normalized spacial score (nSPS) is 14.3. The number of likely N-dealkylation sites (N-methyl/N-ethyl adjacent to an activating group) is 1. The van der Waals surface area contributed by atoms with Crippen LogP contribution < -0.4 is 0 Å². The van der Waals surface area contributed by atoms with Crippen molar-refractivity contribution >= 4 is 12.1 Å². The van der Waals surface area contributed by atoms with Gasteiger partial charge < -0.3 is 14.6 Å². The molecule has 20 heavy (non-hydrogen) atoms. The van der Waals surface area contributed by atoms with E-state index in [0.717, 1.165) is 0 Å². The predicted molar refractivity (Wildman–Crippen MR) is 75.3 cm³/mol. The molecule has 0 bridgehead atoms. The van der Waals surface area contributed by atoms with Gasteiger partial charge in [-0.2, -0.15) is 0 Å². The third kappa shape index (κ3) is 6.75. The van der Waals surface area contributed by atoms with E-state index in [1.54, 1.807) is 20.8 Å². The Balaban J connectivity index is 4.85. The van der Waals surface area contributed by atoms with Gasteiger partial charge in [0.05, 0.1) is 7.11 Å². The van der Waals surface area contributed by atoms with E-state index in [0.29, 0.717) is 12.8 Å². The number of aliphatic hydroxyl groups is 1. The lowest BCUT2D eigenvalue weighted by Gasteiger charge is -2.30. The van der Waals surface area contributed by atoms with Crippen LogP contribution in [0.1, 0.15) is 40.5 Å². The van der Waals surface area contributed by atoms with Crippen LogP contribution in [0.4, 0.5) is 4.79 Å². The average molecular weight is 289 g/mol. The van der Waals surface area contributed by atoms with Crippen molar-refractivity contribution in [1.29, 1.82) is 0 Å². The molecule has 0 fully saturated rings. The number of methoxy groups -OCH3 is 1. The van der Waals surface area contributed by atoms with Gasteiger partial charge in [-0.25, -0.2) is 9.59 Å². The molecule has 1 N–H and O–H groups in total. The standard InChI is InChI=1S/C14H27NO5/c1-10(7-8-16)9-11(12(17)19-6)15(5)13(18)20-14(2,3)4/h10-11,16H,7-9H2,1-6H3/t10?,11-/m0/s1. The predicted octanol–water partition coefficient (Wildman–Crippen LogP) is 1.80. The first-order valence-electron chi connectivity index (χ1n) is 6.76. The van der Waals surface area contributed by atoms with Crippen molar-refractivity contribution in [2.24, 2.45) is 5.92 Å². The van der Waals surface area contributed by atoms with Crippen LogP contribution in [0.2, 0.25) is 0 Å². The summed E-state index contributed by atoms with van der Waals surface area (Å²) in [6, 6.07) is -0.712. The molecular weight excluding hydrogens is 262 g/mol. The Morgan fingerprint density at radius 2 is 1.85 bits per heavy atom. The zero-order chi connectivity index (χ0) is 15.9. The molecule has 1 amide bonds. The van der Waals surface area contributed by atoms with Crippen LogP contribution in [0.3, 0.4) is 0 Å². The van der Waals surface area contributed by atoms with Crippen LogP contribution in [0.25, 0.3) is 0 Å². The van der Waals surface area contributed by atoms with Gasteiger partial charge in [-0.05, 0) is 39.5 Å². The third-order valence-electron chi connectivity index (χ3n) is 2.87. The Kier molecular flexibility index (Phi) is 7.57. The summed E-state index contributed by atoms with van der Waals surface area (Å²) in [5.41, 5.74) is -0.622. The quantitative estimate of drug-likeness (QED) is 0.755. The molecule has 6 heteroatoms. The Hall–Kier alpha value is -1.30. The second-order valence-electron chi connectivity index (χ2n) is 5.98. The molecule has 0 aliphatic carbocycles. The van der Waals surface area contributed by atoms with E-state index in [-0.39, 0.29) is 12.5 Å². The maximum atomic E-state index is 12.0. The second-order valence-corrected chi connectivity index (χ2v) is 5.98. The maximum absolute atomic E-state index is 12.0. The number of hydrogen-bond acceptors (Lipinski definition) is 5. The third-order valence-corrected chi connectivity index (χ3v) is 2.87. The van der Waals surface area contributed by atoms with Gasteiger partial charge in [0, 0.05) is 13.7 Å². The molecule has 1 unspecified atom stereocenters. The highest BCUT2D eigenvalue weighted by Crippen LogP contribution is 2.18. The highest BCUT2D eigenvalue weighted by atomic mass is 16.6. The maximum Gasteiger partial charge on any atom is 0.410 e. The number of rotatable bonds is 6. The zero-order valence-electron chi connectivity index (χ0n) is 13.3. The largest absolute Gasteiger partial charge is 0.467 e. The molecule has 0 aliphatic heterocycles. The number of aliphatic hydroxyl groups excluding tert-OH is 1. The molecule has 0 saturated heterocycles. The van der Waals surface area contributed by atoms with Gasteiger partial charge in [0.15, 0.2) is 0 Å². The van der Waals surface area contributed by atoms with E-state index in [1.165, 1.54) is 19.1 Å². The number of hydrogen-bond donors (Lipinski definition) is 1. The molecule has 118 valence electrons. The van der Waals surface area contributed by atoms with Crippen molar-refractivity contribution in [2.75, 3.05) is 20.8 Å². The lowest BCUT2D eigenvalue weighted by atomic mass is 9.98. The van der Waals surface area contributed by atoms with Crippen molar-refractivity contribution < 1.29 is 24.2 Å². The molecule has 0 radical (unpaired) electrons. The minimum atomic E-state index is -0.712. The molecule has 0 heterocycles. The fraction of sp³-hybridized carbons (Fsp3) is 0.857. The first-order valence-corrected chi connectivity index (χ1v) is 6.76. The summed E-state index contributed by atoms with van der Waals surface area (Å²) in [6.07, 6.45) is 0.419. The summed E-state index contributed by atoms with van der Waals surface area (Å²) in [5.74, 6) is -0.392. The van der Waals surface area contributed by atoms with E-state index in [9.17, 15) is 9.59 Å². The van der Waals surface area contributed by atoms with Gasteiger partial charge in [0.1, 0.15) is 11.6 Å². The molecule has 2 atom stereocenters. The molecule has 0 saturated carbocycles. The molecule has 0 aromatic carbocycles. The van der Waals surface area contributed by atoms with E-state index in [2.05, 4.69) is 0 Å². The Morgan fingerprint density at radius 1 is 1.30 bits per heavy atom. The second kappa shape index (κ2) is 8.09. The van der Waals surface area contributed by atoms with Crippen molar-refractivity contribution in [3.63, 3.8) is 0 Å². The molecule has 0 aromatic heterocycles. The van der Waals surface area contributed by atoms with Gasteiger partial charge in [0.2, 0.25) is 0 Å². The van der Waals surface area contributed by atoms with Crippen LogP contribution in [0, 0.1) is 5.92 Å². The van der Waals surface area contributed by atoms with Crippen molar-refractivity contribution in [2.45, 2.75) is 52.2 Å². The van der Waals surface area contributed by atoms with Gasteiger partial charge in [-0.1, -0.05) is 6.92 Å². The van der Waals surface area contributed by atoms with Crippen LogP contribution in [0.15, 0.2) is 0 Å². The smallest absolute Gasteiger partial charge is 0.410 e. The number of amides is 1. The van der Waals surface area contributed by atoms with E-state index in [1.807, 2.05) is 6.92 Å². The fourth-order valence-electron chi connectivity index (χ4n) is 1.73. The summed E-state index contributed by atoms with van der Waals surface area (Å²) >= 11 is 0. The van der Waals surface area contributed by atoms with Gasteiger partial charge >= 0.3 is 12.1 Å².